The minimum absolute atomic E-state index is 0.133. The maximum atomic E-state index is 11.8. The van der Waals surface area contributed by atoms with Crippen LogP contribution < -0.4 is 0 Å². The molecule has 2 heterocycles. The Hall–Kier alpha value is -1.92. The van der Waals surface area contributed by atoms with Crippen molar-refractivity contribution in [2.45, 2.75) is 50.1 Å². The first-order chi connectivity index (χ1) is 12.5. The van der Waals surface area contributed by atoms with Crippen molar-refractivity contribution in [1.82, 2.24) is 0 Å². The second-order valence-electron chi connectivity index (χ2n) is 7.61. The Morgan fingerprint density at radius 2 is 1.27 bits per heavy atom. The Kier molecular flexibility index (Phi) is 4.71. The van der Waals surface area contributed by atoms with Crippen molar-refractivity contribution >= 4 is 11.9 Å². The topological polar surface area (TPSA) is 77.7 Å². The van der Waals surface area contributed by atoms with Gasteiger partial charge in [-0.15, -0.1) is 0 Å². The van der Waals surface area contributed by atoms with E-state index in [0.717, 1.165) is 49.0 Å². The van der Waals surface area contributed by atoms with E-state index in [4.69, 9.17) is 18.9 Å². The molecule has 6 nitrogen and oxygen atoms in total. The van der Waals surface area contributed by atoms with Crippen LogP contribution in [-0.2, 0) is 28.5 Å². The number of rotatable bonds is 6. The van der Waals surface area contributed by atoms with Crippen LogP contribution in [0.3, 0.4) is 0 Å². The number of esters is 2. The molecule has 0 amide bonds. The van der Waals surface area contributed by atoms with E-state index in [0.29, 0.717) is 24.4 Å². The van der Waals surface area contributed by atoms with Crippen LogP contribution in [0.1, 0.15) is 25.7 Å². The number of hydrogen-bond donors (Lipinski definition) is 0. The van der Waals surface area contributed by atoms with Gasteiger partial charge in [0.25, 0.3) is 0 Å². The largest absolute Gasteiger partial charge is 0.462 e. The van der Waals surface area contributed by atoms with Crippen LogP contribution in [0, 0.1) is 11.8 Å². The van der Waals surface area contributed by atoms with Gasteiger partial charge in [-0.1, -0.05) is 24.3 Å². The maximum absolute atomic E-state index is 11.8. The fraction of sp³-hybridized carbons (Fsp3) is 0.600. The highest BCUT2D eigenvalue weighted by Gasteiger charge is 2.46. The van der Waals surface area contributed by atoms with Gasteiger partial charge in [0.05, 0.1) is 37.6 Å². The average Bonchev–Trinajstić information content (AvgIpc) is 3.51. The Morgan fingerprint density at radius 1 is 0.846 bits per heavy atom. The molecular formula is C20H24O6. The monoisotopic (exact) mass is 360 g/mol. The lowest BCUT2D eigenvalue weighted by Gasteiger charge is -2.21. The Labute approximate surface area is 152 Å². The van der Waals surface area contributed by atoms with Crippen molar-refractivity contribution < 1.29 is 28.5 Å². The minimum Gasteiger partial charge on any atom is -0.462 e. The van der Waals surface area contributed by atoms with Crippen LogP contribution in [0.2, 0.25) is 0 Å². The zero-order valence-corrected chi connectivity index (χ0v) is 14.7. The summed E-state index contributed by atoms with van der Waals surface area (Å²) in [6.45, 7) is 8.60. The number of carbonyl (C=O) groups excluding carboxylic acids is 2. The zero-order chi connectivity index (χ0) is 18.3. The summed E-state index contributed by atoms with van der Waals surface area (Å²) in [4.78, 5) is 23.6. The Balaban J connectivity index is 1.15. The van der Waals surface area contributed by atoms with Crippen LogP contribution in [-0.4, -0.2) is 49.6 Å². The van der Waals surface area contributed by atoms with Gasteiger partial charge in [0.1, 0.15) is 0 Å². The third-order valence-electron chi connectivity index (χ3n) is 5.70. The van der Waals surface area contributed by atoms with Crippen LogP contribution >= 0.6 is 0 Å². The smallest absolute Gasteiger partial charge is 0.331 e. The molecule has 6 unspecified atom stereocenters. The Morgan fingerprint density at radius 3 is 1.69 bits per heavy atom. The summed E-state index contributed by atoms with van der Waals surface area (Å²) in [5.74, 6) is -0.836. The predicted octanol–water partition coefficient (Wildman–Crippen LogP) is 2.10. The lowest BCUT2D eigenvalue weighted by molar-refractivity contribution is -0.141. The van der Waals surface area contributed by atoms with E-state index in [1.54, 1.807) is 0 Å². The fourth-order valence-corrected chi connectivity index (χ4v) is 3.85. The number of ether oxygens (including phenoxy) is 4. The zero-order valence-electron chi connectivity index (χ0n) is 14.7. The van der Waals surface area contributed by atoms with Crippen molar-refractivity contribution in [3.8, 4) is 0 Å². The molecule has 2 aliphatic heterocycles. The first-order valence-electron chi connectivity index (χ1n) is 9.17. The SMILES string of the molecule is C=C1CC2OC2CC1COC(=O)C=CC(=O)OCC1CC2OC2CC1=C. The summed E-state index contributed by atoms with van der Waals surface area (Å²) in [6, 6.07) is 0. The number of fused-ring (bicyclic) bond motifs is 2. The van der Waals surface area contributed by atoms with E-state index in [2.05, 4.69) is 13.2 Å². The molecule has 4 fully saturated rings. The minimum atomic E-state index is -0.551. The molecule has 2 saturated heterocycles. The molecule has 0 radical (unpaired) electrons. The highest BCUT2D eigenvalue weighted by Crippen LogP contribution is 2.42. The van der Waals surface area contributed by atoms with E-state index in [1.165, 1.54) is 0 Å². The molecule has 0 aromatic carbocycles. The van der Waals surface area contributed by atoms with Gasteiger partial charge in [0.15, 0.2) is 0 Å². The van der Waals surface area contributed by atoms with Crippen molar-refractivity contribution in [3.05, 3.63) is 36.5 Å². The second kappa shape index (κ2) is 7.00. The van der Waals surface area contributed by atoms with Gasteiger partial charge in [-0.3, -0.25) is 0 Å². The highest BCUT2D eigenvalue weighted by molar-refractivity contribution is 5.91. The summed E-state index contributed by atoms with van der Waals surface area (Å²) in [5, 5.41) is 0. The van der Waals surface area contributed by atoms with E-state index >= 15 is 0 Å². The molecule has 2 saturated carbocycles. The molecule has 6 heteroatoms. The van der Waals surface area contributed by atoms with Crippen molar-refractivity contribution in [3.63, 3.8) is 0 Å². The average molecular weight is 360 g/mol. The van der Waals surface area contributed by atoms with Crippen molar-refractivity contribution in [1.29, 1.82) is 0 Å². The maximum Gasteiger partial charge on any atom is 0.331 e. The number of hydrogen-bond acceptors (Lipinski definition) is 6. The molecule has 4 aliphatic rings. The molecule has 2 aliphatic carbocycles. The van der Waals surface area contributed by atoms with E-state index < -0.39 is 11.9 Å². The van der Waals surface area contributed by atoms with Crippen LogP contribution in [0.15, 0.2) is 36.5 Å². The van der Waals surface area contributed by atoms with E-state index in [1.807, 2.05) is 0 Å². The molecule has 140 valence electrons. The van der Waals surface area contributed by atoms with E-state index in [9.17, 15) is 9.59 Å². The summed E-state index contributed by atoms with van der Waals surface area (Å²) in [5.41, 5.74) is 2.13. The van der Waals surface area contributed by atoms with Gasteiger partial charge in [-0.2, -0.15) is 0 Å². The van der Waals surface area contributed by atoms with Gasteiger partial charge in [0, 0.05) is 24.0 Å². The predicted molar refractivity (Wildman–Crippen MR) is 92.1 cm³/mol. The van der Waals surface area contributed by atoms with Gasteiger partial charge < -0.3 is 18.9 Å². The summed E-state index contributed by atoms with van der Waals surface area (Å²) >= 11 is 0. The third-order valence-corrected chi connectivity index (χ3v) is 5.70. The summed E-state index contributed by atoms with van der Waals surface area (Å²) < 4.78 is 21.4. The standard InChI is InChI=1S/C20H24O6/c1-11-5-15-17(25-15)7-13(11)9-23-19(21)3-4-20(22)24-10-14-8-18-16(26-18)6-12(14)2/h3-4,13-18H,1-2,5-10H2. The van der Waals surface area contributed by atoms with Crippen LogP contribution in [0.5, 0.6) is 0 Å². The molecule has 0 bridgehead atoms. The normalized spacial score (nSPS) is 37.7. The van der Waals surface area contributed by atoms with Crippen LogP contribution in [0.25, 0.3) is 0 Å². The lowest BCUT2D eigenvalue weighted by Crippen LogP contribution is -2.22. The quantitative estimate of drug-likeness (QED) is 0.312. The molecule has 0 aromatic heterocycles. The Bertz CT molecular complexity index is 609. The second-order valence-corrected chi connectivity index (χ2v) is 7.61. The molecular weight excluding hydrogens is 336 g/mol. The number of epoxide rings is 2. The van der Waals surface area contributed by atoms with Crippen LogP contribution in [0.4, 0.5) is 0 Å². The third kappa shape index (κ3) is 4.07. The van der Waals surface area contributed by atoms with E-state index in [-0.39, 0.29) is 25.0 Å². The highest BCUT2D eigenvalue weighted by atomic mass is 16.6. The summed E-state index contributed by atoms with van der Waals surface area (Å²) in [6.07, 6.45) is 6.82. The van der Waals surface area contributed by atoms with Gasteiger partial charge in [-0.25, -0.2) is 9.59 Å². The van der Waals surface area contributed by atoms with Gasteiger partial charge in [0.2, 0.25) is 0 Å². The molecule has 6 atom stereocenters. The first-order valence-corrected chi connectivity index (χ1v) is 9.17. The molecule has 26 heavy (non-hydrogen) atoms. The molecule has 4 rings (SSSR count). The summed E-state index contributed by atoms with van der Waals surface area (Å²) in [7, 11) is 0. The molecule has 0 aromatic rings. The van der Waals surface area contributed by atoms with Gasteiger partial charge in [-0.05, 0) is 25.7 Å². The van der Waals surface area contributed by atoms with Gasteiger partial charge >= 0.3 is 11.9 Å². The fourth-order valence-electron chi connectivity index (χ4n) is 3.85. The van der Waals surface area contributed by atoms with Crippen molar-refractivity contribution in [2.75, 3.05) is 13.2 Å². The first kappa shape index (κ1) is 17.5. The number of carbonyl (C=O) groups is 2. The molecule has 0 N–H and O–H groups in total. The lowest BCUT2D eigenvalue weighted by atomic mass is 9.86. The molecule has 0 spiro atoms. The van der Waals surface area contributed by atoms with Crippen molar-refractivity contribution in [2.24, 2.45) is 11.8 Å².